The SMILES string of the molecule is CC(C)COc1ccccc1C(=O)NNC(=O)c1ccccc1Br. The number of para-hydroxylation sites is 1. The van der Waals surface area contributed by atoms with Gasteiger partial charge < -0.3 is 4.74 Å². The molecule has 6 heteroatoms. The van der Waals surface area contributed by atoms with Crippen LogP contribution in [0, 0.1) is 5.92 Å². The van der Waals surface area contributed by atoms with Gasteiger partial charge in [0.15, 0.2) is 0 Å². The molecule has 0 aliphatic heterocycles. The molecule has 0 atom stereocenters. The summed E-state index contributed by atoms with van der Waals surface area (Å²) in [5, 5.41) is 0. The fourth-order valence-electron chi connectivity index (χ4n) is 1.93. The molecule has 126 valence electrons. The summed E-state index contributed by atoms with van der Waals surface area (Å²) in [6.07, 6.45) is 0. The minimum Gasteiger partial charge on any atom is -0.492 e. The highest BCUT2D eigenvalue weighted by Crippen LogP contribution is 2.19. The predicted octanol–water partition coefficient (Wildman–Crippen LogP) is 3.56. The number of carbonyl (C=O) groups is 2. The van der Waals surface area contributed by atoms with Gasteiger partial charge in [-0.3, -0.25) is 20.4 Å². The van der Waals surface area contributed by atoms with Crippen LogP contribution in [0.1, 0.15) is 34.6 Å². The van der Waals surface area contributed by atoms with Gasteiger partial charge in [0.1, 0.15) is 5.75 Å². The Morgan fingerprint density at radius 1 is 0.958 bits per heavy atom. The molecule has 24 heavy (non-hydrogen) atoms. The van der Waals surface area contributed by atoms with Gasteiger partial charge in [-0.15, -0.1) is 0 Å². The Morgan fingerprint density at radius 3 is 2.12 bits per heavy atom. The minimum absolute atomic E-state index is 0.344. The normalized spacial score (nSPS) is 10.3. The van der Waals surface area contributed by atoms with E-state index >= 15 is 0 Å². The van der Waals surface area contributed by atoms with Crippen molar-refractivity contribution in [1.82, 2.24) is 10.9 Å². The highest BCUT2D eigenvalue weighted by atomic mass is 79.9. The summed E-state index contributed by atoms with van der Waals surface area (Å²) in [5.74, 6) is -0.0127. The largest absolute Gasteiger partial charge is 0.492 e. The predicted molar refractivity (Wildman–Crippen MR) is 95.8 cm³/mol. The Hall–Kier alpha value is -2.34. The van der Waals surface area contributed by atoms with E-state index in [9.17, 15) is 9.59 Å². The van der Waals surface area contributed by atoms with Crippen LogP contribution in [-0.2, 0) is 0 Å². The molecule has 5 nitrogen and oxygen atoms in total. The third kappa shape index (κ3) is 4.83. The van der Waals surface area contributed by atoms with Crippen molar-refractivity contribution in [1.29, 1.82) is 0 Å². The van der Waals surface area contributed by atoms with Crippen molar-refractivity contribution in [2.24, 2.45) is 5.92 Å². The third-order valence-corrected chi connectivity index (χ3v) is 3.80. The quantitative estimate of drug-likeness (QED) is 0.766. The lowest BCUT2D eigenvalue weighted by Gasteiger charge is -2.13. The van der Waals surface area contributed by atoms with E-state index in [0.29, 0.717) is 33.9 Å². The number of hydrogen-bond donors (Lipinski definition) is 2. The molecule has 2 aromatic carbocycles. The molecule has 0 aliphatic rings. The molecule has 0 saturated carbocycles. The number of halogens is 1. The molecule has 0 unspecified atom stereocenters. The number of nitrogens with one attached hydrogen (secondary N) is 2. The first-order valence-corrected chi connectivity index (χ1v) is 8.35. The summed E-state index contributed by atoms with van der Waals surface area (Å²) >= 11 is 3.30. The lowest BCUT2D eigenvalue weighted by molar-refractivity contribution is 0.0843. The van der Waals surface area contributed by atoms with Crippen LogP contribution in [0.25, 0.3) is 0 Å². The first-order chi connectivity index (χ1) is 11.5. The van der Waals surface area contributed by atoms with Crippen LogP contribution in [0.3, 0.4) is 0 Å². The summed E-state index contributed by atoms with van der Waals surface area (Å²) in [6, 6.07) is 13.9. The van der Waals surface area contributed by atoms with Crippen molar-refractivity contribution in [3.8, 4) is 5.75 Å². The second kappa shape index (κ2) is 8.49. The zero-order chi connectivity index (χ0) is 17.5. The molecule has 0 bridgehead atoms. The van der Waals surface area contributed by atoms with E-state index in [2.05, 4.69) is 26.8 Å². The van der Waals surface area contributed by atoms with Crippen LogP contribution in [0.15, 0.2) is 53.0 Å². The van der Waals surface area contributed by atoms with Gasteiger partial charge in [0.05, 0.1) is 17.7 Å². The Balaban J connectivity index is 2.03. The summed E-state index contributed by atoms with van der Waals surface area (Å²) < 4.78 is 6.30. The van der Waals surface area contributed by atoms with Crippen LogP contribution in [-0.4, -0.2) is 18.4 Å². The first-order valence-electron chi connectivity index (χ1n) is 7.56. The number of carbonyl (C=O) groups excluding carboxylic acids is 2. The monoisotopic (exact) mass is 390 g/mol. The van der Waals surface area contributed by atoms with Crippen molar-refractivity contribution in [3.05, 3.63) is 64.1 Å². The van der Waals surface area contributed by atoms with Crippen LogP contribution in [0.4, 0.5) is 0 Å². The van der Waals surface area contributed by atoms with Gasteiger partial charge in [0.2, 0.25) is 0 Å². The number of hydrogen-bond acceptors (Lipinski definition) is 3. The second-order valence-electron chi connectivity index (χ2n) is 5.59. The molecular weight excluding hydrogens is 372 g/mol. The molecule has 0 fully saturated rings. The molecule has 0 aromatic heterocycles. The summed E-state index contributed by atoms with van der Waals surface area (Å²) in [6.45, 7) is 4.56. The molecular formula is C18H19BrN2O3. The number of ether oxygens (including phenoxy) is 1. The Morgan fingerprint density at radius 2 is 1.50 bits per heavy atom. The molecule has 2 amide bonds. The maximum atomic E-state index is 12.3. The third-order valence-electron chi connectivity index (χ3n) is 3.11. The zero-order valence-corrected chi connectivity index (χ0v) is 15.1. The molecule has 0 aliphatic carbocycles. The average molecular weight is 391 g/mol. The van der Waals surface area contributed by atoms with Crippen molar-refractivity contribution in [3.63, 3.8) is 0 Å². The highest BCUT2D eigenvalue weighted by molar-refractivity contribution is 9.10. The van der Waals surface area contributed by atoms with Crippen molar-refractivity contribution >= 4 is 27.7 Å². The van der Waals surface area contributed by atoms with Gasteiger partial charge in [-0.1, -0.05) is 38.1 Å². The summed E-state index contributed by atoms with van der Waals surface area (Å²) in [4.78, 5) is 24.4. The maximum absolute atomic E-state index is 12.3. The van der Waals surface area contributed by atoms with Crippen LogP contribution in [0.2, 0.25) is 0 Å². The van der Waals surface area contributed by atoms with Crippen LogP contribution >= 0.6 is 15.9 Å². The van der Waals surface area contributed by atoms with Crippen molar-refractivity contribution < 1.29 is 14.3 Å². The van der Waals surface area contributed by atoms with Gasteiger partial charge in [0, 0.05) is 4.47 Å². The molecule has 2 rings (SSSR count). The van der Waals surface area contributed by atoms with Gasteiger partial charge >= 0.3 is 0 Å². The van der Waals surface area contributed by atoms with Gasteiger partial charge in [-0.05, 0) is 46.1 Å². The number of rotatable bonds is 5. The topological polar surface area (TPSA) is 67.4 Å². The molecule has 0 heterocycles. The maximum Gasteiger partial charge on any atom is 0.273 e. The smallest absolute Gasteiger partial charge is 0.273 e. The number of amides is 2. The van der Waals surface area contributed by atoms with Crippen molar-refractivity contribution in [2.75, 3.05) is 6.61 Å². The lowest BCUT2D eigenvalue weighted by Crippen LogP contribution is -2.41. The molecule has 2 aromatic rings. The van der Waals surface area contributed by atoms with Gasteiger partial charge in [-0.25, -0.2) is 0 Å². The van der Waals surface area contributed by atoms with E-state index in [1.54, 1.807) is 42.5 Å². The first kappa shape index (κ1) is 18.0. The van der Waals surface area contributed by atoms with E-state index in [4.69, 9.17) is 4.74 Å². The Labute approximate surface area is 149 Å². The van der Waals surface area contributed by atoms with Crippen molar-refractivity contribution in [2.45, 2.75) is 13.8 Å². The van der Waals surface area contributed by atoms with E-state index in [-0.39, 0.29) is 0 Å². The van der Waals surface area contributed by atoms with E-state index < -0.39 is 11.8 Å². The minimum atomic E-state index is -0.435. The lowest BCUT2D eigenvalue weighted by atomic mass is 10.2. The summed E-state index contributed by atoms with van der Waals surface area (Å²) in [7, 11) is 0. The second-order valence-corrected chi connectivity index (χ2v) is 6.44. The van der Waals surface area contributed by atoms with E-state index in [0.717, 1.165) is 0 Å². The average Bonchev–Trinajstić information content (AvgIpc) is 2.58. The molecule has 0 spiro atoms. The van der Waals surface area contributed by atoms with E-state index in [1.807, 2.05) is 19.9 Å². The standard InChI is InChI=1S/C18H19BrN2O3/c1-12(2)11-24-16-10-6-4-8-14(16)18(23)21-20-17(22)13-7-3-5-9-15(13)19/h3-10,12H,11H2,1-2H3,(H,20,22)(H,21,23). The van der Waals surface area contributed by atoms with Crippen LogP contribution in [0.5, 0.6) is 5.75 Å². The molecule has 2 N–H and O–H groups in total. The number of benzene rings is 2. The molecule has 0 radical (unpaired) electrons. The van der Waals surface area contributed by atoms with Crippen LogP contribution < -0.4 is 15.6 Å². The Kier molecular flexibility index (Phi) is 6.37. The molecule has 0 saturated heterocycles. The van der Waals surface area contributed by atoms with E-state index in [1.165, 1.54) is 0 Å². The van der Waals surface area contributed by atoms with Gasteiger partial charge in [0.25, 0.3) is 11.8 Å². The Bertz CT molecular complexity index is 732. The van der Waals surface area contributed by atoms with Gasteiger partial charge in [-0.2, -0.15) is 0 Å². The fraction of sp³-hybridized carbons (Fsp3) is 0.222. The zero-order valence-electron chi connectivity index (χ0n) is 13.5. The highest BCUT2D eigenvalue weighted by Gasteiger charge is 2.15. The number of hydrazine groups is 1. The summed E-state index contributed by atoms with van der Waals surface area (Å²) in [5.41, 5.74) is 5.62. The fourth-order valence-corrected chi connectivity index (χ4v) is 2.39.